The van der Waals surface area contributed by atoms with Crippen molar-refractivity contribution in [3.8, 4) is 6.07 Å². The molecule has 146 valence electrons. The molecule has 0 aliphatic carbocycles. The van der Waals surface area contributed by atoms with Crippen LogP contribution in [-0.2, 0) is 16.4 Å². The molecule has 1 aliphatic heterocycles. The number of hydrogen-bond donors (Lipinski definition) is 2. The van der Waals surface area contributed by atoms with Crippen molar-refractivity contribution in [2.45, 2.75) is 23.5 Å². The van der Waals surface area contributed by atoms with E-state index in [-0.39, 0.29) is 10.8 Å². The lowest BCUT2D eigenvalue weighted by molar-refractivity contribution is 0.0903. The molecule has 1 atom stereocenters. The monoisotopic (exact) mass is 405 g/mol. The van der Waals surface area contributed by atoms with Crippen molar-refractivity contribution in [2.24, 2.45) is 0 Å². The summed E-state index contributed by atoms with van der Waals surface area (Å²) in [6.07, 6.45) is 0.387. The van der Waals surface area contributed by atoms with Crippen molar-refractivity contribution < 1.29 is 17.2 Å². The highest BCUT2D eigenvalue weighted by atomic mass is 32.2. The van der Waals surface area contributed by atoms with Gasteiger partial charge >= 0.3 is 0 Å². The minimum absolute atomic E-state index is 0.140. The Kier molecular flexibility index (Phi) is 5.31. The van der Waals surface area contributed by atoms with Crippen molar-refractivity contribution in [3.05, 3.63) is 66.1 Å². The molecule has 1 unspecified atom stereocenters. The summed E-state index contributed by atoms with van der Waals surface area (Å²) in [5.41, 5.74) is 1.50. The number of benzene rings is 1. The SMILES string of the molecule is CS(=O)(=O)c1ccc(N2NC(C#N)(C(F)F)C=C2NCc2ccccc2)cn1. The van der Waals surface area contributed by atoms with E-state index < -0.39 is 21.8 Å². The molecule has 2 N–H and O–H groups in total. The molecule has 0 spiro atoms. The van der Waals surface area contributed by atoms with Gasteiger partial charge in [-0.1, -0.05) is 30.3 Å². The van der Waals surface area contributed by atoms with E-state index in [1.54, 1.807) is 6.07 Å². The highest BCUT2D eigenvalue weighted by molar-refractivity contribution is 7.90. The first-order chi connectivity index (χ1) is 13.2. The number of alkyl halides is 2. The Balaban J connectivity index is 1.91. The third-order valence-electron chi connectivity index (χ3n) is 4.11. The van der Waals surface area contributed by atoms with Gasteiger partial charge in [-0.05, 0) is 23.8 Å². The van der Waals surface area contributed by atoms with Gasteiger partial charge in [-0.3, -0.25) is 5.01 Å². The van der Waals surface area contributed by atoms with Crippen LogP contribution in [0.2, 0.25) is 0 Å². The standard InChI is InChI=1S/C18H17F2N5O2S/c1-28(26,27)16-8-7-14(11-23-16)25-15(9-18(12-21,24-25)17(19)20)22-10-13-5-3-2-4-6-13/h2-9,11,17,22,24H,10H2,1H3. The van der Waals surface area contributed by atoms with Crippen molar-refractivity contribution in [1.29, 1.82) is 5.26 Å². The van der Waals surface area contributed by atoms with Crippen molar-refractivity contribution in [1.82, 2.24) is 15.7 Å². The van der Waals surface area contributed by atoms with E-state index in [0.29, 0.717) is 12.2 Å². The van der Waals surface area contributed by atoms with E-state index in [1.165, 1.54) is 23.3 Å². The topological polar surface area (TPSA) is 98.1 Å². The average molecular weight is 405 g/mol. The smallest absolute Gasteiger partial charge is 0.275 e. The third kappa shape index (κ3) is 3.95. The second-order valence-electron chi connectivity index (χ2n) is 6.22. The van der Waals surface area contributed by atoms with E-state index in [9.17, 15) is 22.5 Å². The maximum atomic E-state index is 13.6. The fourth-order valence-corrected chi connectivity index (χ4v) is 3.18. The van der Waals surface area contributed by atoms with E-state index >= 15 is 0 Å². The number of nitriles is 1. The van der Waals surface area contributed by atoms with E-state index in [1.807, 2.05) is 30.3 Å². The number of hydrogen-bond acceptors (Lipinski definition) is 7. The van der Waals surface area contributed by atoms with Crippen LogP contribution in [0.1, 0.15) is 5.56 Å². The quantitative estimate of drug-likeness (QED) is 0.758. The molecule has 10 heteroatoms. The van der Waals surface area contributed by atoms with Crippen LogP contribution in [-0.4, -0.2) is 31.6 Å². The molecule has 1 aromatic heterocycles. The van der Waals surface area contributed by atoms with Crippen LogP contribution in [0.5, 0.6) is 0 Å². The maximum Gasteiger partial charge on any atom is 0.275 e. The van der Waals surface area contributed by atoms with Crippen LogP contribution in [0, 0.1) is 11.3 Å². The van der Waals surface area contributed by atoms with Gasteiger partial charge in [-0.25, -0.2) is 22.2 Å². The number of halogens is 2. The molecule has 0 saturated heterocycles. The summed E-state index contributed by atoms with van der Waals surface area (Å²) in [6, 6.07) is 13.6. The van der Waals surface area contributed by atoms with Crippen LogP contribution < -0.4 is 15.8 Å². The van der Waals surface area contributed by atoms with Gasteiger partial charge in [-0.15, -0.1) is 0 Å². The first-order valence-electron chi connectivity index (χ1n) is 8.19. The zero-order chi connectivity index (χ0) is 20.4. The molecule has 2 aromatic rings. The number of rotatable bonds is 6. The fourth-order valence-electron chi connectivity index (χ4n) is 2.62. The van der Waals surface area contributed by atoms with Gasteiger partial charge < -0.3 is 5.32 Å². The Morgan fingerprint density at radius 1 is 1.29 bits per heavy atom. The van der Waals surface area contributed by atoms with Gasteiger partial charge in [-0.2, -0.15) is 10.7 Å². The minimum Gasteiger partial charge on any atom is -0.366 e. The summed E-state index contributed by atoms with van der Waals surface area (Å²) in [4.78, 5) is 3.87. The highest BCUT2D eigenvalue weighted by Crippen LogP contribution is 2.30. The predicted molar refractivity (Wildman–Crippen MR) is 98.7 cm³/mol. The summed E-state index contributed by atoms with van der Waals surface area (Å²) in [6.45, 7) is 0.338. The maximum absolute atomic E-state index is 13.6. The molecule has 1 aliphatic rings. The molecular formula is C18H17F2N5O2S. The van der Waals surface area contributed by atoms with E-state index in [0.717, 1.165) is 17.9 Å². The van der Waals surface area contributed by atoms with Crippen LogP contribution in [0.3, 0.4) is 0 Å². The Morgan fingerprint density at radius 3 is 2.54 bits per heavy atom. The number of sulfone groups is 1. The zero-order valence-corrected chi connectivity index (χ0v) is 15.6. The molecule has 3 rings (SSSR count). The Morgan fingerprint density at radius 2 is 2.00 bits per heavy atom. The predicted octanol–water partition coefficient (Wildman–Crippen LogP) is 1.97. The number of anilines is 1. The number of aromatic nitrogens is 1. The van der Waals surface area contributed by atoms with Gasteiger partial charge in [0.25, 0.3) is 6.43 Å². The summed E-state index contributed by atoms with van der Waals surface area (Å²) in [5, 5.41) is 13.5. The molecule has 1 aromatic carbocycles. The van der Waals surface area contributed by atoms with Crippen LogP contribution >= 0.6 is 0 Å². The van der Waals surface area contributed by atoms with Gasteiger partial charge in [0.15, 0.2) is 14.9 Å². The number of hydrazine groups is 1. The molecule has 0 fully saturated rings. The highest BCUT2D eigenvalue weighted by Gasteiger charge is 2.46. The molecule has 0 radical (unpaired) electrons. The second kappa shape index (κ2) is 7.53. The van der Waals surface area contributed by atoms with E-state index in [2.05, 4.69) is 15.7 Å². The summed E-state index contributed by atoms with van der Waals surface area (Å²) in [7, 11) is -3.50. The molecule has 0 saturated carbocycles. The molecular weight excluding hydrogens is 388 g/mol. The lowest BCUT2D eigenvalue weighted by Gasteiger charge is -2.26. The summed E-state index contributed by atoms with van der Waals surface area (Å²) >= 11 is 0. The first kappa shape index (κ1) is 19.7. The largest absolute Gasteiger partial charge is 0.366 e. The molecule has 0 bridgehead atoms. The second-order valence-corrected chi connectivity index (χ2v) is 8.19. The zero-order valence-electron chi connectivity index (χ0n) is 14.8. The Bertz CT molecular complexity index is 1020. The van der Waals surface area contributed by atoms with Gasteiger partial charge in [0, 0.05) is 12.8 Å². The Labute approximate surface area is 161 Å². The lowest BCUT2D eigenvalue weighted by atomic mass is 10.0. The van der Waals surface area contributed by atoms with Crippen LogP contribution in [0.15, 0.2) is 65.6 Å². The van der Waals surface area contributed by atoms with Crippen molar-refractivity contribution >= 4 is 15.5 Å². The van der Waals surface area contributed by atoms with Gasteiger partial charge in [0.2, 0.25) is 5.54 Å². The number of nitrogens with one attached hydrogen (secondary N) is 2. The average Bonchev–Trinajstić information content (AvgIpc) is 3.07. The van der Waals surface area contributed by atoms with Crippen LogP contribution in [0.25, 0.3) is 0 Å². The van der Waals surface area contributed by atoms with Crippen LogP contribution in [0.4, 0.5) is 14.5 Å². The summed E-state index contributed by atoms with van der Waals surface area (Å²) in [5.74, 6) is 0.236. The Hall–Kier alpha value is -3.03. The van der Waals surface area contributed by atoms with Gasteiger partial charge in [0.1, 0.15) is 5.82 Å². The molecule has 28 heavy (non-hydrogen) atoms. The number of nitrogens with zero attached hydrogens (tertiary/aromatic N) is 3. The lowest BCUT2D eigenvalue weighted by Crippen LogP contribution is -2.51. The number of pyridine rings is 1. The molecule has 0 amide bonds. The summed E-state index contributed by atoms with van der Waals surface area (Å²) < 4.78 is 50.3. The van der Waals surface area contributed by atoms with E-state index in [4.69, 9.17) is 0 Å². The first-order valence-corrected chi connectivity index (χ1v) is 10.1. The third-order valence-corrected chi connectivity index (χ3v) is 5.11. The molecule has 2 heterocycles. The minimum atomic E-state index is -3.50. The van der Waals surface area contributed by atoms with Crippen molar-refractivity contribution in [3.63, 3.8) is 0 Å². The van der Waals surface area contributed by atoms with Crippen molar-refractivity contribution in [2.75, 3.05) is 11.3 Å². The van der Waals surface area contributed by atoms with Gasteiger partial charge in [0.05, 0.1) is 18.0 Å². The normalized spacial score (nSPS) is 19.4. The fraction of sp³-hybridized carbons (Fsp3) is 0.222. The molecule has 7 nitrogen and oxygen atoms in total.